The molecule has 0 saturated heterocycles. The van der Waals surface area contributed by atoms with Crippen LogP contribution in [0.5, 0.6) is 0 Å². The van der Waals surface area contributed by atoms with Gasteiger partial charge < -0.3 is 15.1 Å². The summed E-state index contributed by atoms with van der Waals surface area (Å²) >= 11 is 1.45. The van der Waals surface area contributed by atoms with Crippen LogP contribution in [-0.2, 0) is 4.79 Å². The number of hydrogen-bond donors (Lipinski definition) is 2. The number of thioether (sulfide) groups is 1. The Morgan fingerprint density at radius 2 is 1.46 bits per heavy atom. The summed E-state index contributed by atoms with van der Waals surface area (Å²) in [6.45, 7) is 3.84. The van der Waals surface area contributed by atoms with Crippen LogP contribution in [0.3, 0.4) is 0 Å². The Bertz CT molecular complexity index is 1510. The fourth-order valence-corrected chi connectivity index (χ4v) is 4.59. The maximum atomic E-state index is 12.8. The lowest BCUT2D eigenvalue weighted by atomic mass is 10.1. The van der Waals surface area contributed by atoms with E-state index < -0.39 is 0 Å². The Hall–Kier alpha value is -4.36. The van der Waals surface area contributed by atoms with E-state index in [9.17, 15) is 9.59 Å². The van der Waals surface area contributed by atoms with Crippen LogP contribution in [0.15, 0.2) is 106 Å². The first kappa shape index (κ1) is 24.3. The molecule has 1 aromatic heterocycles. The van der Waals surface area contributed by atoms with Crippen molar-refractivity contribution in [2.75, 3.05) is 10.6 Å². The molecule has 5 aromatic rings. The summed E-state index contributed by atoms with van der Waals surface area (Å²) in [4.78, 5) is 30.6. The Morgan fingerprint density at radius 1 is 0.811 bits per heavy atom. The van der Waals surface area contributed by atoms with Gasteiger partial charge in [0.25, 0.3) is 5.91 Å². The number of fused-ring (bicyclic) bond motifs is 1. The van der Waals surface area contributed by atoms with E-state index in [1.165, 1.54) is 11.8 Å². The summed E-state index contributed by atoms with van der Waals surface area (Å²) in [6, 6.07) is 30.0. The zero-order valence-electron chi connectivity index (χ0n) is 20.4. The predicted molar refractivity (Wildman–Crippen MR) is 149 cm³/mol. The molecule has 0 aliphatic rings. The van der Waals surface area contributed by atoms with Gasteiger partial charge in [-0.15, -0.1) is 11.8 Å². The van der Waals surface area contributed by atoms with E-state index in [4.69, 9.17) is 4.42 Å². The van der Waals surface area contributed by atoms with Crippen molar-refractivity contribution in [1.82, 2.24) is 4.98 Å². The van der Waals surface area contributed by atoms with Gasteiger partial charge in [-0.1, -0.05) is 29.8 Å². The van der Waals surface area contributed by atoms with Gasteiger partial charge in [0.15, 0.2) is 5.58 Å². The van der Waals surface area contributed by atoms with E-state index in [0.29, 0.717) is 22.8 Å². The van der Waals surface area contributed by atoms with Crippen LogP contribution in [0, 0.1) is 6.92 Å². The fraction of sp³-hybridized carbons (Fsp3) is 0.100. The van der Waals surface area contributed by atoms with Crippen LogP contribution >= 0.6 is 11.8 Å². The van der Waals surface area contributed by atoms with Gasteiger partial charge in [0, 0.05) is 27.4 Å². The second-order valence-corrected chi connectivity index (χ2v) is 10.1. The molecule has 0 aliphatic heterocycles. The van der Waals surface area contributed by atoms with Gasteiger partial charge in [-0.25, -0.2) is 4.98 Å². The summed E-state index contributed by atoms with van der Waals surface area (Å²) in [5.74, 6) is 0.285. The third-order valence-corrected chi connectivity index (χ3v) is 6.91. The molecule has 0 bridgehead atoms. The maximum Gasteiger partial charge on any atom is 0.255 e. The predicted octanol–water partition coefficient (Wildman–Crippen LogP) is 7.17. The number of nitrogens with one attached hydrogen (secondary N) is 2. The molecule has 4 aromatic carbocycles. The van der Waals surface area contributed by atoms with Gasteiger partial charge in [0.2, 0.25) is 11.8 Å². The Kier molecular flexibility index (Phi) is 7.05. The number of amides is 2. The Labute approximate surface area is 219 Å². The molecular formula is C30H25N3O3S. The lowest BCUT2D eigenvalue weighted by molar-refractivity contribution is -0.115. The highest BCUT2D eigenvalue weighted by Crippen LogP contribution is 2.28. The third-order valence-electron chi connectivity index (χ3n) is 5.80. The normalized spacial score (nSPS) is 11.7. The van der Waals surface area contributed by atoms with Gasteiger partial charge >= 0.3 is 0 Å². The fourth-order valence-electron chi connectivity index (χ4n) is 3.72. The summed E-state index contributed by atoms with van der Waals surface area (Å²) in [5.41, 5.74) is 5.50. The lowest BCUT2D eigenvalue weighted by Gasteiger charge is -2.13. The number of aryl methyl sites for hydroxylation is 1. The van der Waals surface area contributed by atoms with Crippen molar-refractivity contribution in [2.45, 2.75) is 24.0 Å². The van der Waals surface area contributed by atoms with E-state index in [1.54, 1.807) is 12.1 Å². The average Bonchev–Trinajstić information content (AvgIpc) is 3.35. The molecule has 0 fully saturated rings. The summed E-state index contributed by atoms with van der Waals surface area (Å²) in [6.07, 6.45) is 0. The van der Waals surface area contributed by atoms with Crippen LogP contribution in [0.25, 0.3) is 22.6 Å². The molecule has 37 heavy (non-hydrogen) atoms. The molecule has 2 N–H and O–H groups in total. The first-order valence-corrected chi connectivity index (χ1v) is 12.7. The van der Waals surface area contributed by atoms with Crippen molar-refractivity contribution in [1.29, 1.82) is 0 Å². The molecule has 184 valence electrons. The number of nitrogens with zero attached hydrogens (tertiary/aromatic N) is 1. The van der Waals surface area contributed by atoms with Crippen LogP contribution in [0.1, 0.15) is 22.8 Å². The SMILES string of the molecule is Cc1ccc(C(=O)Nc2ccc(SC(C)C(=O)Nc3ccc(-c4nc5ccccc5o4)cc3)cc2)cc1. The standard InChI is InChI=1S/C30H25N3O3S/c1-19-7-9-21(10-8-19)29(35)32-24-15-17-25(18-16-24)37-20(2)28(34)31-23-13-11-22(12-14-23)30-33-26-5-3-4-6-27(26)36-30/h3-18,20H,1-2H3,(H,31,34)(H,32,35). The number of para-hydroxylation sites is 2. The smallest absolute Gasteiger partial charge is 0.255 e. The van der Waals surface area contributed by atoms with Crippen molar-refractivity contribution < 1.29 is 14.0 Å². The second kappa shape index (κ2) is 10.7. The van der Waals surface area contributed by atoms with Crippen molar-refractivity contribution in [3.8, 4) is 11.5 Å². The highest BCUT2D eigenvalue weighted by atomic mass is 32.2. The maximum absolute atomic E-state index is 12.8. The number of benzene rings is 4. The monoisotopic (exact) mass is 507 g/mol. The topological polar surface area (TPSA) is 84.2 Å². The molecule has 6 nitrogen and oxygen atoms in total. The van der Waals surface area contributed by atoms with Crippen molar-refractivity contribution in [2.24, 2.45) is 0 Å². The lowest BCUT2D eigenvalue weighted by Crippen LogP contribution is -2.22. The number of carbonyl (C=O) groups is 2. The summed E-state index contributed by atoms with van der Waals surface area (Å²) < 4.78 is 5.81. The van der Waals surface area contributed by atoms with Crippen molar-refractivity contribution in [3.05, 3.63) is 108 Å². The van der Waals surface area contributed by atoms with E-state index in [-0.39, 0.29) is 17.1 Å². The molecule has 1 unspecified atom stereocenters. The van der Waals surface area contributed by atoms with Crippen LogP contribution in [0.4, 0.5) is 11.4 Å². The summed E-state index contributed by atoms with van der Waals surface area (Å²) in [7, 11) is 0. The highest BCUT2D eigenvalue weighted by Gasteiger charge is 2.15. The van der Waals surface area contributed by atoms with Crippen LogP contribution in [-0.4, -0.2) is 22.0 Å². The quantitative estimate of drug-likeness (QED) is 0.228. The molecular weight excluding hydrogens is 482 g/mol. The van der Waals surface area contributed by atoms with Gasteiger partial charge in [-0.05, 0) is 86.6 Å². The minimum absolute atomic E-state index is 0.101. The molecule has 1 atom stereocenters. The van der Waals surface area contributed by atoms with Crippen molar-refractivity contribution >= 4 is 46.1 Å². The zero-order valence-corrected chi connectivity index (χ0v) is 21.2. The first-order valence-electron chi connectivity index (χ1n) is 11.9. The van der Waals surface area contributed by atoms with Crippen LogP contribution in [0.2, 0.25) is 0 Å². The minimum atomic E-state index is -0.315. The number of rotatable bonds is 7. The first-order chi connectivity index (χ1) is 17.9. The molecule has 0 radical (unpaired) electrons. The van der Waals surface area contributed by atoms with Crippen molar-refractivity contribution in [3.63, 3.8) is 0 Å². The molecule has 2 amide bonds. The highest BCUT2D eigenvalue weighted by molar-refractivity contribution is 8.00. The van der Waals surface area contributed by atoms with Gasteiger partial charge in [-0.2, -0.15) is 0 Å². The average molecular weight is 508 g/mol. The second-order valence-electron chi connectivity index (χ2n) is 8.66. The minimum Gasteiger partial charge on any atom is -0.436 e. The number of anilines is 2. The van der Waals surface area contributed by atoms with Gasteiger partial charge in [0.1, 0.15) is 5.52 Å². The Balaban J connectivity index is 1.15. The largest absolute Gasteiger partial charge is 0.436 e. The molecule has 5 rings (SSSR count). The third kappa shape index (κ3) is 5.90. The molecule has 0 aliphatic carbocycles. The number of hydrogen-bond acceptors (Lipinski definition) is 5. The van der Waals surface area contributed by atoms with E-state index in [2.05, 4.69) is 15.6 Å². The van der Waals surface area contributed by atoms with E-state index in [0.717, 1.165) is 27.1 Å². The molecule has 0 saturated carbocycles. The zero-order chi connectivity index (χ0) is 25.8. The number of aromatic nitrogens is 1. The number of oxazole rings is 1. The van der Waals surface area contributed by atoms with E-state index in [1.807, 2.05) is 98.8 Å². The number of carbonyl (C=O) groups excluding carboxylic acids is 2. The molecule has 7 heteroatoms. The van der Waals surface area contributed by atoms with E-state index >= 15 is 0 Å². The van der Waals surface area contributed by atoms with Gasteiger partial charge in [0.05, 0.1) is 5.25 Å². The summed E-state index contributed by atoms with van der Waals surface area (Å²) in [5, 5.41) is 5.54. The molecule has 1 heterocycles. The Morgan fingerprint density at radius 3 is 2.16 bits per heavy atom. The molecule has 0 spiro atoms. The van der Waals surface area contributed by atoms with Gasteiger partial charge in [-0.3, -0.25) is 9.59 Å². The van der Waals surface area contributed by atoms with Crippen LogP contribution < -0.4 is 10.6 Å².